The second-order valence-electron chi connectivity index (χ2n) is 4.80. The number of rotatable bonds is 7. The zero-order valence-corrected chi connectivity index (χ0v) is 12.6. The van der Waals surface area contributed by atoms with E-state index in [-0.39, 0.29) is 6.04 Å². The Labute approximate surface area is 124 Å². The predicted octanol–water partition coefficient (Wildman–Crippen LogP) is 1.92. The Kier molecular flexibility index (Phi) is 5.10. The standard InChI is InChI=1S/C14H21N5O2/c1-4-5-11(9-20-2)19-14(16-17-18-19)12-7-6-10(15)8-13(12)21-3/h6-8,11H,4-5,9,15H2,1-3H3. The topological polar surface area (TPSA) is 88.1 Å². The fourth-order valence-electron chi connectivity index (χ4n) is 2.31. The van der Waals surface area contributed by atoms with Gasteiger partial charge in [0.25, 0.3) is 0 Å². The van der Waals surface area contributed by atoms with E-state index in [2.05, 4.69) is 22.4 Å². The van der Waals surface area contributed by atoms with Crippen molar-refractivity contribution in [3.05, 3.63) is 18.2 Å². The van der Waals surface area contributed by atoms with Gasteiger partial charge >= 0.3 is 0 Å². The third kappa shape index (κ3) is 3.30. The molecule has 1 unspecified atom stereocenters. The number of nitrogen functional groups attached to an aromatic ring is 1. The summed E-state index contributed by atoms with van der Waals surface area (Å²) in [6.45, 7) is 2.68. The molecule has 1 aromatic carbocycles. The van der Waals surface area contributed by atoms with E-state index in [0.717, 1.165) is 18.4 Å². The second-order valence-corrected chi connectivity index (χ2v) is 4.80. The number of anilines is 1. The lowest BCUT2D eigenvalue weighted by Crippen LogP contribution is -2.17. The molecule has 0 fully saturated rings. The zero-order chi connectivity index (χ0) is 15.2. The van der Waals surface area contributed by atoms with Gasteiger partial charge in [-0.3, -0.25) is 0 Å². The van der Waals surface area contributed by atoms with Crippen LogP contribution in [0, 0.1) is 0 Å². The van der Waals surface area contributed by atoms with E-state index in [1.165, 1.54) is 0 Å². The van der Waals surface area contributed by atoms with Gasteiger partial charge in [-0.25, -0.2) is 4.68 Å². The van der Waals surface area contributed by atoms with E-state index in [1.807, 2.05) is 12.1 Å². The molecule has 2 rings (SSSR count). The molecule has 114 valence electrons. The predicted molar refractivity (Wildman–Crippen MR) is 80.0 cm³/mol. The number of aromatic nitrogens is 4. The number of hydrogen-bond donors (Lipinski definition) is 1. The first-order valence-corrected chi connectivity index (χ1v) is 6.92. The summed E-state index contributed by atoms with van der Waals surface area (Å²) in [6.07, 6.45) is 1.95. The number of nitrogens with two attached hydrogens (primary N) is 1. The lowest BCUT2D eigenvalue weighted by Gasteiger charge is -2.17. The highest BCUT2D eigenvalue weighted by molar-refractivity contribution is 5.67. The average Bonchev–Trinajstić information content (AvgIpc) is 2.96. The Bertz CT molecular complexity index is 578. The van der Waals surface area contributed by atoms with E-state index < -0.39 is 0 Å². The molecule has 7 nitrogen and oxygen atoms in total. The van der Waals surface area contributed by atoms with Gasteiger partial charge in [0.1, 0.15) is 5.75 Å². The number of nitrogens with zero attached hydrogens (tertiary/aromatic N) is 4. The van der Waals surface area contributed by atoms with Crippen LogP contribution in [0.5, 0.6) is 5.75 Å². The van der Waals surface area contributed by atoms with Gasteiger partial charge in [-0.05, 0) is 29.0 Å². The Morgan fingerprint density at radius 3 is 2.81 bits per heavy atom. The summed E-state index contributed by atoms with van der Waals surface area (Å²) in [6, 6.07) is 5.53. The summed E-state index contributed by atoms with van der Waals surface area (Å²) in [5.41, 5.74) is 7.24. The molecule has 0 radical (unpaired) electrons. The van der Waals surface area contributed by atoms with Crippen LogP contribution < -0.4 is 10.5 Å². The third-order valence-electron chi connectivity index (χ3n) is 3.29. The van der Waals surface area contributed by atoms with Gasteiger partial charge in [-0.1, -0.05) is 13.3 Å². The summed E-state index contributed by atoms with van der Waals surface area (Å²) in [5, 5.41) is 12.1. The highest BCUT2D eigenvalue weighted by atomic mass is 16.5. The largest absolute Gasteiger partial charge is 0.496 e. The van der Waals surface area contributed by atoms with Crippen LogP contribution in [0.4, 0.5) is 5.69 Å². The van der Waals surface area contributed by atoms with Gasteiger partial charge in [-0.15, -0.1) is 5.10 Å². The minimum atomic E-state index is 0.0901. The molecule has 0 aliphatic rings. The van der Waals surface area contributed by atoms with E-state index >= 15 is 0 Å². The van der Waals surface area contributed by atoms with Crippen molar-refractivity contribution in [2.24, 2.45) is 0 Å². The van der Waals surface area contributed by atoms with E-state index in [1.54, 1.807) is 25.0 Å². The van der Waals surface area contributed by atoms with E-state index in [0.29, 0.717) is 23.9 Å². The SMILES string of the molecule is CCCC(COC)n1nnnc1-c1ccc(N)cc1OC. The second kappa shape index (κ2) is 7.03. The van der Waals surface area contributed by atoms with Crippen molar-refractivity contribution in [2.45, 2.75) is 25.8 Å². The first-order valence-electron chi connectivity index (χ1n) is 6.92. The molecule has 0 bridgehead atoms. The van der Waals surface area contributed by atoms with Crippen molar-refractivity contribution in [1.29, 1.82) is 0 Å². The van der Waals surface area contributed by atoms with Gasteiger partial charge in [0.15, 0.2) is 5.82 Å². The molecule has 0 aliphatic heterocycles. The maximum atomic E-state index is 5.79. The molecule has 0 saturated carbocycles. The zero-order valence-electron chi connectivity index (χ0n) is 12.6. The summed E-state index contributed by atoms with van der Waals surface area (Å²) in [7, 11) is 3.28. The lowest BCUT2D eigenvalue weighted by molar-refractivity contribution is 0.144. The fraction of sp³-hybridized carbons (Fsp3) is 0.500. The molecule has 1 heterocycles. The number of tetrazole rings is 1. The number of hydrogen-bond acceptors (Lipinski definition) is 6. The maximum absolute atomic E-state index is 5.79. The molecular weight excluding hydrogens is 270 g/mol. The van der Waals surface area contributed by atoms with Gasteiger partial charge in [-0.2, -0.15) is 0 Å². The monoisotopic (exact) mass is 291 g/mol. The summed E-state index contributed by atoms with van der Waals surface area (Å²) in [4.78, 5) is 0. The molecule has 0 spiro atoms. The van der Waals surface area contributed by atoms with Crippen molar-refractivity contribution >= 4 is 5.69 Å². The van der Waals surface area contributed by atoms with Crippen LogP contribution in [0.15, 0.2) is 18.2 Å². The van der Waals surface area contributed by atoms with Gasteiger partial charge in [0, 0.05) is 18.9 Å². The molecule has 0 aliphatic carbocycles. The van der Waals surface area contributed by atoms with Crippen LogP contribution in [0.1, 0.15) is 25.8 Å². The molecule has 1 atom stereocenters. The third-order valence-corrected chi connectivity index (χ3v) is 3.29. The minimum absolute atomic E-state index is 0.0901. The Balaban J connectivity index is 2.44. The molecule has 1 aromatic heterocycles. The van der Waals surface area contributed by atoms with Crippen molar-refractivity contribution in [3.63, 3.8) is 0 Å². The lowest BCUT2D eigenvalue weighted by atomic mass is 10.1. The average molecular weight is 291 g/mol. The molecular formula is C14H21N5O2. The molecule has 0 amide bonds. The van der Waals surface area contributed by atoms with E-state index in [9.17, 15) is 0 Å². The Morgan fingerprint density at radius 1 is 1.33 bits per heavy atom. The van der Waals surface area contributed by atoms with E-state index in [4.69, 9.17) is 15.2 Å². The number of ether oxygens (including phenoxy) is 2. The van der Waals surface area contributed by atoms with Crippen LogP contribution in [-0.4, -0.2) is 41.0 Å². The highest BCUT2D eigenvalue weighted by Crippen LogP contribution is 2.31. The minimum Gasteiger partial charge on any atom is -0.496 e. The van der Waals surface area contributed by atoms with Crippen LogP contribution >= 0.6 is 0 Å². The smallest absolute Gasteiger partial charge is 0.186 e. The summed E-state index contributed by atoms with van der Waals surface area (Å²) >= 11 is 0. The van der Waals surface area contributed by atoms with Gasteiger partial charge in [0.2, 0.25) is 0 Å². The fourth-order valence-corrected chi connectivity index (χ4v) is 2.31. The van der Waals surface area contributed by atoms with Crippen LogP contribution in [0.3, 0.4) is 0 Å². The van der Waals surface area contributed by atoms with Crippen molar-refractivity contribution < 1.29 is 9.47 Å². The molecule has 2 aromatic rings. The van der Waals surface area contributed by atoms with Crippen LogP contribution in [0.2, 0.25) is 0 Å². The highest BCUT2D eigenvalue weighted by Gasteiger charge is 2.20. The molecule has 2 N–H and O–H groups in total. The number of methoxy groups -OCH3 is 2. The van der Waals surface area contributed by atoms with Crippen molar-refractivity contribution in [2.75, 3.05) is 26.6 Å². The van der Waals surface area contributed by atoms with Crippen LogP contribution in [-0.2, 0) is 4.74 Å². The van der Waals surface area contributed by atoms with Crippen LogP contribution in [0.25, 0.3) is 11.4 Å². The number of benzene rings is 1. The normalized spacial score (nSPS) is 12.3. The quantitative estimate of drug-likeness (QED) is 0.784. The Morgan fingerprint density at radius 2 is 2.14 bits per heavy atom. The molecule has 0 saturated heterocycles. The summed E-state index contributed by atoms with van der Waals surface area (Å²) in [5.74, 6) is 1.31. The molecule has 7 heteroatoms. The summed E-state index contributed by atoms with van der Waals surface area (Å²) < 4.78 is 12.5. The maximum Gasteiger partial charge on any atom is 0.186 e. The molecule has 21 heavy (non-hydrogen) atoms. The first kappa shape index (κ1) is 15.2. The van der Waals surface area contributed by atoms with Crippen molar-refractivity contribution in [3.8, 4) is 17.1 Å². The van der Waals surface area contributed by atoms with Crippen molar-refractivity contribution in [1.82, 2.24) is 20.2 Å². The Hall–Kier alpha value is -2.15. The van der Waals surface area contributed by atoms with Gasteiger partial charge < -0.3 is 15.2 Å². The first-order chi connectivity index (χ1) is 10.2. The van der Waals surface area contributed by atoms with Gasteiger partial charge in [0.05, 0.1) is 25.3 Å².